The van der Waals surface area contributed by atoms with Crippen molar-refractivity contribution in [2.24, 2.45) is 5.92 Å². The van der Waals surface area contributed by atoms with E-state index in [0.717, 1.165) is 25.1 Å². The molecule has 1 unspecified atom stereocenters. The first-order valence-electron chi connectivity index (χ1n) is 9.13. The Hall–Kier alpha value is -2.06. The lowest BCUT2D eigenvalue weighted by molar-refractivity contribution is 0.0786. The van der Waals surface area contributed by atoms with Crippen LogP contribution in [0.4, 0.5) is 0 Å². The van der Waals surface area contributed by atoms with Gasteiger partial charge >= 0.3 is 0 Å². The maximum Gasteiger partial charge on any atom is 0.0968 e. The molecular formula is C22H25NO. The van der Waals surface area contributed by atoms with E-state index in [0.29, 0.717) is 5.92 Å². The Morgan fingerprint density at radius 1 is 0.917 bits per heavy atom. The van der Waals surface area contributed by atoms with Gasteiger partial charge in [-0.15, -0.1) is 0 Å². The summed E-state index contributed by atoms with van der Waals surface area (Å²) in [6.07, 6.45) is 5.75. The highest BCUT2D eigenvalue weighted by molar-refractivity contribution is 5.81. The summed E-state index contributed by atoms with van der Waals surface area (Å²) in [5, 5.41) is 12.3. The monoisotopic (exact) mass is 319 g/mol. The molecule has 1 fully saturated rings. The van der Waals surface area contributed by atoms with Crippen molar-refractivity contribution in [2.45, 2.75) is 44.8 Å². The van der Waals surface area contributed by atoms with E-state index in [1.165, 1.54) is 35.7 Å². The molecule has 2 nitrogen and oxygen atoms in total. The molecule has 0 spiro atoms. The Labute approximate surface area is 143 Å². The number of para-hydroxylation sites is 1. The fourth-order valence-corrected chi connectivity index (χ4v) is 4.11. The summed E-state index contributed by atoms with van der Waals surface area (Å²) >= 11 is 0. The van der Waals surface area contributed by atoms with Gasteiger partial charge in [-0.2, -0.15) is 0 Å². The van der Waals surface area contributed by atoms with E-state index in [4.69, 9.17) is 0 Å². The number of hydrogen-bond donors (Lipinski definition) is 1. The van der Waals surface area contributed by atoms with E-state index in [-0.39, 0.29) is 6.10 Å². The van der Waals surface area contributed by atoms with Gasteiger partial charge in [0.1, 0.15) is 0 Å². The predicted octanol–water partition coefficient (Wildman–Crippen LogP) is 5.30. The number of fused-ring (bicyclic) bond motifs is 1. The quantitative estimate of drug-likeness (QED) is 0.693. The maximum absolute atomic E-state index is 11.1. The van der Waals surface area contributed by atoms with Crippen LogP contribution >= 0.6 is 0 Å². The Bertz CT molecular complexity index is 799. The standard InChI is InChI=1S/C22H25NO/c24-22(18-11-5-2-6-12-18)21-15-19-13-7-8-14-20(19)23(21)16-17-9-3-1-4-10-17/h1,3-4,7-10,13-15,18,22,24H,2,5-6,11-12,16H2. The van der Waals surface area contributed by atoms with Gasteiger partial charge in [0, 0.05) is 17.8 Å². The second-order valence-electron chi connectivity index (χ2n) is 7.04. The lowest BCUT2D eigenvalue weighted by atomic mass is 9.84. The second kappa shape index (κ2) is 6.82. The first-order chi connectivity index (χ1) is 11.8. The normalized spacial score (nSPS) is 17.2. The first-order valence-corrected chi connectivity index (χ1v) is 9.13. The predicted molar refractivity (Wildman–Crippen MR) is 99.0 cm³/mol. The SMILES string of the molecule is OC(c1cc2ccccc2n1Cc1ccccc1)C1CCCCC1. The van der Waals surface area contributed by atoms with E-state index in [1.807, 2.05) is 0 Å². The minimum absolute atomic E-state index is 0.360. The molecule has 1 heterocycles. The average molecular weight is 319 g/mol. The van der Waals surface area contributed by atoms with E-state index < -0.39 is 0 Å². The molecule has 1 N–H and O–H groups in total. The zero-order valence-corrected chi connectivity index (χ0v) is 14.1. The summed E-state index contributed by atoms with van der Waals surface area (Å²) in [6.45, 7) is 0.813. The maximum atomic E-state index is 11.1. The van der Waals surface area contributed by atoms with Crippen molar-refractivity contribution in [1.82, 2.24) is 4.57 Å². The molecule has 1 atom stereocenters. The zero-order valence-electron chi connectivity index (χ0n) is 14.1. The third kappa shape index (κ3) is 2.99. The molecule has 0 amide bonds. The Morgan fingerprint density at radius 3 is 2.42 bits per heavy atom. The molecule has 0 saturated heterocycles. The van der Waals surface area contributed by atoms with Gasteiger partial charge in [0.05, 0.1) is 6.10 Å². The Morgan fingerprint density at radius 2 is 1.62 bits per heavy atom. The van der Waals surface area contributed by atoms with Crippen LogP contribution < -0.4 is 0 Å². The fraction of sp³-hybridized carbons (Fsp3) is 0.364. The molecule has 2 heteroatoms. The van der Waals surface area contributed by atoms with Crippen LogP contribution in [0, 0.1) is 5.92 Å². The molecular weight excluding hydrogens is 294 g/mol. The molecule has 0 aliphatic heterocycles. The summed E-state index contributed by atoms with van der Waals surface area (Å²) in [5.41, 5.74) is 3.56. The largest absolute Gasteiger partial charge is 0.387 e. The molecule has 1 aromatic heterocycles. The van der Waals surface area contributed by atoms with Crippen LogP contribution in [0.15, 0.2) is 60.7 Å². The molecule has 4 rings (SSSR count). The number of nitrogens with zero attached hydrogens (tertiary/aromatic N) is 1. The lowest BCUT2D eigenvalue weighted by Gasteiger charge is -2.27. The van der Waals surface area contributed by atoms with Crippen LogP contribution in [0.25, 0.3) is 10.9 Å². The third-order valence-corrected chi connectivity index (χ3v) is 5.43. The van der Waals surface area contributed by atoms with Crippen molar-refractivity contribution in [1.29, 1.82) is 0 Å². The van der Waals surface area contributed by atoms with E-state index in [9.17, 15) is 5.11 Å². The molecule has 0 bridgehead atoms. The van der Waals surface area contributed by atoms with Crippen LogP contribution in [0.5, 0.6) is 0 Å². The van der Waals surface area contributed by atoms with Gasteiger partial charge < -0.3 is 9.67 Å². The highest BCUT2D eigenvalue weighted by atomic mass is 16.3. The van der Waals surface area contributed by atoms with Crippen LogP contribution in [-0.4, -0.2) is 9.67 Å². The molecule has 24 heavy (non-hydrogen) atoms. The molecule has 1 aliphatic carbocycles. The van der Waals surface area contributed by atoms with Crippen LogP contribution in [-0.2, 0) is 6.54 Å². The number of benzene rings is 2. The molecule has 3 aromatic rings. The summed E-state index contributed by atoms with van der Waals surface area (Å²) in [7, 11) is 0. The van der Waals surface area contributed by atoms with E-state index in [2.05, 4.69) is 65.2 Å². The summed E-state index contributed by atoms with van der Waals surface area (Å²) < 4.78 is 2.31. The fourth-order valence-electron chi connectivity index (χ4n) is 4.11. The molecule has 124 valence electrons. The highest BCUT2D eigenvalue weighted by Gasteiger charge is 2.26. The number of aliphatic hydroxyl groups is 1. The van der Waals surface area contributed by atoms with Gasteiger partial charge in [-0.25, -0.2) is 0 Å². The summed E-state index contributed by atoms with van der Waals surface area (Å²) in [5.74, 6) is 0.401. The van der Waals surface area contributed by atoms with Crippen molar-refractivity contribution in [3.05, 3.63) is 71.9 Å². The molecule has 0 radical (unpaired) electrons. The number of aliphatic hydroxyl groups excluding tert-OH is 1. The molecule has 1 aliphatic rings. The minimum atomic E-state index is -0.360. The Balaban J connectivity index is 1.74. The van der Waals surface area contributed by atoms with Gasteiger partial charge in [0.25, 0.3) is 0 Å². The van der Waals surface area contributed by atoms with Crippen LogP contribution in [0.1, 0.15) is 49.5 Å². The van der Waals surface area contributed by atoms with Crippen LogP contribution in [0.3, 0.4) is 0 Å². The van der Waals surface area contributed by atoms with Crippen LogP contribution in [0.2, 0.25) is 0 Å². The number of aromatic nitrogens is 1. The highest BCUT2D eigenvalue weighted by Crippen LogP contribution is 2.36. The van der Waals surface area contributed by atoms with Crippen molar-refractivity contribution in [2.75, 3.05) is 0 Å². The second-order valence-corrected chi connectivity index (χ2v) is 7.04. The minimum Gasteiger partial charge on any atom is -0.387 e. The van der Waals surface area contributed by atoms with Crippen molar-refractivity contribution in [3.8, 4) is 0 Å². The van der Waals surface area contributed by atoms with Crippen molar-refractivity contribution < 1.29 is 5.11 Å². The topological polar surface area (TPSA) is 25.2 Å². The van der Waals surface area contributed by atoms with E-state index in [1.54, 1.807) is 0 Å². The summed E-state index contributed by atoms with van der Waals surface area (Å²) in [4.78, 5) is 0. The first kappa shape index (κ1) is 15.5. The van der Waals surface area contributed by atoms with E-state index >= 15 is 0 Å². The molecule has 2 aromatic carbocycles. The van der Waals surface area contributed by atoms with Gasteiger partial charge in [0.2, 0.25) is 0 Å². The lowest BCUT2D eigenvalue weighted by Crippen LogP contribution is -2.19. The summed E-state index contributed by atoms with van der Waals surface area (Å²) in [6, 6.07) is 21.2. The number of rotatable bonds is 4. The number of hydrogen-bond acceptors (Lipinski definition) is 1. The third-order valence-electron chi connectivity index (χ3n) is 5.43. The van der Waals surface area contributed by atoms with Gasteiger partial charge in [0.15, 0.2) is 0 Å². The van der Waals surface area contributed by atoms with Crippen molar-refractivity contribution in [3.63, 3.8) is 0 Å². The average Bonchev–Trinajstić information content (AvgIpc) is 3.01. The molecule has 1 saturated carbocycles. The Kier molecular flexibility index (Phi) is 4.40. The zero-order chi connectivity index (χ0) is 16.4. The van der Waals surface area contributed by atoms with Gasteiger partial charge in [-0.3, -0.25) is 0 Å². The van der Waals surface area contributed by atoms with Gasteiger partial charge in [-0.1, -0.05) is 67.8 Å². The van der Waals surface area contributed by atoms with Gasteiger partial charge in [-0.05, 0) is 41.8 Å². The smallest absolute Gasteiger partial charge is 0.0968 e. The van der Waals surface area contributed by atoms with Crippen molar-refractivity contribution >= 4 is 10.9 Å².